The Morgan fingerprint density at radius 1 is 0.769 bits per heavy atom. The van der Waals surface area contributed by atoms with E-state index in [0.29, 0.717) is 39.1 Å². The normalized spacial score (nSPS) is 16.7. The highest BCUT2D eigenvalue weighted by molar-refractivity contribution is 6.44. The van der Waals surface area contributed by atoms with Gasteiger partial charge in [-0.3, -0.25) is 9.79 Å². The Hall–Kier alpha value is -4.99. The molecule has 4 heterocycles. The maximum Gasteiger partial charge on any atom is 0.342 e. The third kappa shape index (κ3) is 5.35. The maximum absolute atomic E-state index is 13.4. The summed E-state index contributed by atoms with van der Waals surface area (Å²) in [6, 6.07) is 6.80. The summed E-state index contributed by atoms with van der Waals surface area (Å²) >= 11 is 0. The van der Waals surface area contributed by atoms with E-state index in [2.05, 4.69) is 20.0 Å². The molecule has 2 aromatic rings. The summed E-state index contributed by atoms with van der Waals surface area (Å²) in [7, 11) is 5.88. The number of aliphatic imine (C=N–C) groups is 2. The molecule has 2 N–H and O–H groups in total. The first-order valence-corrected chi connectivity index (χ1v) is 12.1. The number of carbonyl (C=O) groups is 3. The second kappa shape index (κ2) is 11.2. The number of ether oxygens (including phenoxy) is 2. The molecule has 2 aliphatic heterocycles. The monoisotopic (exact) mass is 527 g/mol. The number of methoxy groups -OCH3 is 2. The van der Waals surface area contributed by atoms with Gasteiger partial charge in [-0.15, -0.1) is 0 Å². The van der Waals surface area contributed by atoms with Crippen LogP contribution in [0.4, 0.5) is 0 Å². The van der Waals surface area contributed by atoms with Crippen LogP contribution in [-0.2, 0) is 23.9 Å². The number of likely N-dealkylation sites (N-methyl/N-ethyl adjacent to an activating group) is 1. The lowest BCUT2D eigenvalue weighted by atomic mass is 10.1. The van der Waals surface area contributed by atoms with Gasteiger partial charge < -0.3 is 24.3 Å². The number of allylic oxidation sites excluding steroid dienone is 5. The summed E-state index contributed by atoms with van der Waals surface area (Å²) in [5.74, 6) is -1.43. The van der Waals surface area contributed by atoms with Crippen molar-refractivity contribution in [2.24, 2.45) is 9.98 Å². The van der Waals surface area contributed by atoms with Crippen molar-refractivity contribution in [1.82, 2.24) is 14.9 Å². The van der Waals surface area contributed by atoms with E-state index in [4.69, 9.17) is 9.47 Å². The van der Waals surface area contributed by atoms with Gasteiger partial charge in [-0.05, 0) is 62.4 Å². The van der Waals surface area contributed by atoms with Crippen molar-refractivity contribution in [3.8, 4) is 0 Å². The van der Waals surface area contributed by atoms with Gasteiger partial charge in [0, 0.05) is 20.3 Å². The first-order valence-electron chi connectivity index (χ1n) is 12.1. The zero-order chi connectivity index (χ0) is 28.3. The molecule has 0 spiro atoms. The number of nitrogens with zero attached hydrogens (tertiary/aromatic N) is 3. The third-order valence-corrected chi connectivity index (χ3v) is 6.07. The van der Waals surface area contributed by atoms with Crippen molar-refractivity contribution < 1.29 is 23.9 Å². The minimum absolute atomic E-state index is 0.236. The summed E-state index contributed by atoms with van der Waals surface area (Å²) < 4.78 is 10.0. The lowest BCUT2D eigenvalue weighted by Crippen LogP contribution is -2.30. The summed E-state index contributed by atoms with van der Waals surface area (Å²) in [5, 5.41) is 0.892. The molecule has 0 saturated heterocycles. The van der Waals surface area contributed by atoms with Gasteiger partial charge in [-0.25, -0.2) is 14.6 Å². The summed E-state index contributed by atoms with van der Waals surface area (Å²) in [4.78, 5) is 55.4. The minimum atomic E-state index is -0.566. The highest BCUT2D eigenvalue weighted by Crippen LogP contribution is 2.25. The van der Waals surface area contributed by atoms with Gasteiger partial charge in [0.15, 0.2) is 0 Å². The first kappa shape index (κ1) is 27.1. The number of rotatable bonds is 6. The van der Waals surface area contributed by atoms with Crippen molar-refractivity contribution in [2.45, 2.75) is 13.8 Å². The largest absolute Gasteiger partial charge is 0.465 e. The minimum Gasteiger partial charge on any atom is -0.465 e. The first-order chi connectivity index (χ1) is 18.7. The van der Waals surface area contributed by atoms with Crippen molar-refractivity contribution in [2.75, 3.05) is 28.3 Å². The fourth-order valence-electron chi connectivity index (χ4n) is 4.11. The Kier molecular flexibility index (Phi) is 7.75. The van der Waals surface area contributed by atoms with E-state index in [-0.39, 0.29) is 17.1 Å². The second-order valence-electron chi connectivity index (χ2n) is 9.12. The fraction of sp³-hybridized carbons (Fsp3) is 0.207. The van der Waals surface area contributed by atoms with E-state index in [9.17, 15) is 14.4 Å². The van der Waals surface area contributed by atoms with Crippen LogP contribution in [0, 0.1) is 0 Å². The summed E-state index contributed by atoms with van der Waals surface area (Å²) in [5.41, 5.74) is 4.34. The molecule has 0 aromatic carbocycles. The van der Waals surface area contributed by atoms with Crippen molar-refractivity contribution >= 4 is 46.5 Å². The Morgan fingerprint density at radius 3 is 1.92 bits per heavy atom. The quantitative estimate of drug-likeness (QED) is 0.437. The van der Waals surface area contributed by atoms with Crippen LogP contribution < -0.4 is 10.7 Å². The molecular weight excluding hydrogens is 498 g/mol. The predicted octanol–water partition coefficient (Wildman–Crippen LogP) is 1.78. The van der Waals surface area contributed by atoms with E-state index in [1.54, 1.807) is 62.8 Å². The zero-order valence-electron chi connectivity index (χ0n) is 22.6. The van der Waals surface area contributed by atoms with Crippen molar-refractivity contribution in [1.29, 1.82) is 0 Å². The second-order valence-corrected chi connectivity index (χ2v) is 9.12. The fourth-order valence-corrected chi connectivity index (χ4v) is 4.11. The van der Waals surface area contributed by atoms with Crippen molar-refractivity contribution in [3.63, 3.8) is 0 Å². The summed E-state index contributed by atoms with van der Waals surface area (Å²) in [6.07, 6.45) is 8.58. The van der Waals surface area contributed by atoms with E-state index in [1.165, 1.54) is 19.1 Å². The van der Waals surface area contributed by atoms with Gasteiger partial charge in [0.25, 0.3) is 5.91 Å². The van der Waals surface area contributed by atoms with Gasteiger partial charge in [-0.1, -0.05) is 5.57 Å². The molecule has 2 aromatic heterocycles. The average molecular weight is 528 g/mol. The Labute approximate surface area is 225 Å². The van der Waals surface area contributed by atoms with Crippen molar-refractivity contribution in [3.05, 3.63) is 87.6 Å². The zero-order valence-corrected chi connectivity index (χ0v) is 22.6. The van der Waals surface area contributed by atoms with E-state index >= 15 is 0 Å². The van der Waals surface area contributed by atoms with Gasteiger partial charge in [0.2, 0.25) is 0 Å². The smallest absolute Gasteiger partial charge is 0.342 e. The molecule has 0 radical (unpaired) electrons. The van der Waals surface area contributed by atoms with Crippen LogP contribution >= 0.6 is 0 Å². The number of amides is 1. The van der Waals surface area contributed by atoms with Crippen LogP contribution in [0.15, 0.2) is 75.5 Å². The van der Waals surface area contributed by atoms with Crippen LogP contribution in [0.25, 0.3) is 16.7 Å². The van der Waals surface area contributed by atoms with Crippen LogP contribution in [-0.4, -0.2) is 73.0 Å². The number of aromatic amines is 2. The number of aromatic nitrogens is 2. The molecule has 0 saturated carbocycles. The highest BCUT2D eigenvalue weighted by atomic mass is 16.5. The van der Waals surface area contributed by atoms with Crippen LogP contribution in [0.2, 0.25) is 0 Å². The average Bonchev–Trinajstić information content (AvgIpc) is 3.73. The molecule has 10 nitrogen and oxygen atoms in total. The maximum atomic E-state index is 13.4. The van der Waals surface area contributed by atoms with Gasteiger partial charge in [-0.2, -0.15) is 0 Å². The number of esters is 2. The number of hydrogen-bond donors (Lipinski definition) is 2. The Balaban J connectivity index is 1.95. The molecule has 10 heteroatoms. The van der Waals surface area contributed by atoms with Crippen LogP contribution in [0.3, 0.4) is 0 Å². The number of H-pyrrole nitrogens is 2. The van der Waals surface area contributed by atoms with Gasteiger partial charge in [0.05, 0.1) is 59.0 Å². The van der Waals surface area contributed by atoms with E-state index in [1.807, 2.05) is 19.9 Å². The van der Waals surface area contributed by atoms with Gasteiger partial charge >= 0.3 is 11.9 Å². The molecule has 200 valence electrons. The molecule has 4 rings (SSSR count). The molecule has 39 heavy (non-hydrogen) atoms. The van der Waals surface area contributed by atoms with Gasteiger partial charge in [0.1, 0.15) is 11.1 Å². The highest BCUT2D eigenvalue weighted by Gasteiger charge is 2.24. The molecule has 0 unspecified atom stereocenters. The summed E-state index contributed by atoms with van der Waals surface area (Å²) in [6.45, 7) is 3.87. The molecule has 1 amide bonds. The SMILES string of the molecule is COC(=O)C(=C1C=CC=N1)c1ccc(C(C(=O)N(C)C)=c2ccc(=C(C(=O)OC)C3=NC(=C(C)C)C=C3)[nH]2)[nH]1. The molecule has 0 aliphatic carbocycles. The van der Waals surface area contributed by atoms with Crippen LogP contribution in [0.5, 0.6) is 0 Å². The predicted molar refractivity (Wildman–Crippen MR) is 149 cm³/mol. The van der Waals surface area contributed by atoms with E-state index < -0.39 is 11.9 Å². The molecule has 0 atom stereocenters. The molecule has 0 fully saturated rings. The van der Waals surface area contributed by atoms with E-state index in [0.717, 1.165) is 11.3 Å². The molecular formula is C29H29N5O5. The molecule has 2 aliphatic rings. The third-order valence-electron chi connectivity index (χ3n) is 6.07. The topological polar surface area (TPSA) is 129 Å². The number of carbonyl (C=O) groups excluding carboxylic acids is 3. The molecule has 0 bridgehead atoms. The number of nitrogens with one attached hydrogen (secondary N) is 2. The van der Waals surface area contributed by atoms with Crippen LogP contribution in [0.1, 0.15) is 25.2 Å². The Bertz CT molecular complexity index is 1650. The Morgan fingerprint density at radius 2 is 1.38 bits per heavy atom. The lowest BCUT2D eigenvalue weighted by Gasteiger charge is -2.12. The standard InChI is InChI=1S/C29H29N5O5/c1-16(2)17-9-10-22(31-17)26(29(37)39-6)23-14-12-20(33-23)24(27(35)34(3)4)19-11-13-21(32-19)25(28(36)38-5)18-8-7-15-30-18/h7-15,32-33H,1-6H3. The lowest BCUT2D eigenvalue weighted by molar-refractivity contribution is -0.134. The number of hydrogen-bond acceptors (Lipinski definition) is 7.